The molecule has 3 N–H and O–H groups in total. The highest BCUT2D eigenvalue weighted by Gasteiger charge is 2.15. The van der Waals surface area contributed by atoms with Gasteiger partial charge in [0.05, 0.1) is 16.7 Å². The zero-order chi connectivity index (χ0) is 15.3. The van der Waals surface area contributed by atoms with E-state index in [0.717, 1.165) is 0 Å². The van der Waals surface area contributed by atoms with E-state index in [1.54, 1.807) is 24.1 Å². The first kappa shape index (κ1) is 16.9. The second-order valence-corrected chi connectivity index (χ2v) is 5.92. The number of amides is 1. The van der Waals surface area contributed by atoms with Crippen LogP contribution in [0.4, 0.5) is 10.1 Å². The summed E-state index contributed by atoms with van der Waals surface area (Å²) < 4.78 is 14.5. The monoisotopic (exact) mass is 345 g/mol. The number of hydrogen-bond donors (Lipinski definition) is 2. The molecule has 0 saturated carbocycles. The minimum atomic E-state index is -0.396. The van der Waals surface area contributed by atoms with Crippen molar-refractivity contribution >= 4 is 27.5 Å². The maximum Gasteiger partial charge on any atom is 0.239 e. The summed E-state index contributed by atoms with van der Waals surface area (Å²) in [4.78, 5) is 13.3. The molecule has 0 unspecified atom stereocenters. The molecular weight excluding hydrogens is 325 g/mol. The number of hydrogen-bond acceptors (Lipinski definition) is 3. The van der Waals surface area contributed by atoms with E-state index in [1.165, 1.54) is 0 Å². The van der Waals surface area contributed by atoms with Crippen LogP contribution < -0.4 is 16.0 Å². The van der Waals surface area contributed by atoms with Crippen LogP contribution in [-0.4, -0.2) is 26.0 Å². The number of likely N-dealkylation sites (N-methyl/N-ethyl adjacent to an activating group) is 1. The number of anilines is 1. The number of carbonyl (C=O) groups excluding carboxylic acids is 1. The van der Waals surface area contributed by atoms with Crippen LogP contribution in [0.2, 0.25) is 0 Å². The summed E-state index contributed by atoms with van der Waals surface area (Å²) in [6.07, 6.45) is 0. The molecule has 20 heavy (non-hydrogen) atoms. The molecule has 0 bridgehead atoms. The van der Waals surface area contributed by atoms with Crippen molar-refractivity contribution in [1.82, 2.24) is 5.32 Å². The van der Waals surface area contributed by atoms with E-state index in [2.05, 4.69) is 21.2 Å². The first-order chi connectivity index (χ1) is 9.36. The molecule has 0 aliphatic rings. The van der Waals surface area contributed by atoms with E-state index in [-0.39, 0.29) is 19.0 Å². The van der Waals surface area contributed by atoms with Gasteiger partial charge >= 0.3 is 0 Å². The van der Waals surface area contributed by atoms with Gasteiger partial charge in [-0.05, 0) is 33.5 Å². The molecule has 0 spiro atoms. The highest BCUT2D eigenvalue weighted by molar-refractivity contribution is 9.10. The molecule has 0 saturated heterocycles. The minimum Gasteiger partial charge on any atom is -0.363 e. The molecule has 0 aromatic heterocycles. The van der Waals surface area contributed by atoms with Crippen LogP contribution in [-0.2, 0) is 11.3 Å². The van der Waals surface area contributed by atoms with Gasteiger partial charge in [0.2, 0.25) is 5.91 Å². The Hall–Kier alpha value is -1.14. The fraction of sp³-hybridized carbons (Fsp3) is 0.500. The smallest absolute Gasteiger partial charge is 0.239 e. The SMILES string of the molecule is CC(C)CNC(=O)CN(C)c1ccc(CN)c(Br)c1F. The molecule has 112 valence electrons. The molecule has 0 heterocycles. The number of nitrogens with two attached hydrogens (primary N) is 1. The number of halogens is 2. The topological polar surface area (TPSA) is 58.4 Å². The lowest BCUT2D eigenvalue weighted by Crippen LogP contribution is -2.37. The predicted molar refractivity (Wildman–Crippen MR) is 83.1 cm³/mol. The van der Waals surface area contributed by atoms with Crippen molar-refractivity contribution in [1.29, 1.82) is 0 Å². The van der Waals surface area contributed by atoms with Gasteiger partial charge in [0.1, 0.15) is 0 Å². The van der Waals surface area contributed by atoms with E-state index >= 15 is 0 Å². The zero-order valence-electron chi connectivity index (χ0n) is 12.0. The molecule has 0 atom stereocenters. The van der Waals surface area contributed by atoms with Crippen molar-refractivity contribution in [3.8, 4) is 0 Å². The highest BCUT2D eigenvalue weighted by Crippen LogP contribution is 2.28. The van der Waals surface area contributed by atoms with Gasteiger partial charge in [0, 0.05) is 20.1 Å². The summed E-state index contributed by atoms with van der Waals surface area (Å²) in [6, 6.07) is 3.39. The Morgan fingerprint density at radius 2 is 2.15 bits per heavy atom. The molecule has 0 aliphatic heterocycles. The molecule has 1 aromatic rings. The first-order valence-electron chi connectivity index (χ1n) is 6.51. The largest absolute Gasteiger partial charge is 0.363 e. The van der Waals surface area contributed by atoms with Crippen molar-refractivity contribution in [2.24, 2.45) is 11.7 Å². The average Bonchev–Trinajstić information content (AvgIpc) is 2.39. The molecule has 0 radical (unpaired) electrons. The third-order valence-corrected chi connectivity index (χ3v) is 3.72. The van der Waals surface area contributed by atoms with Crippen molar-refractivity contribution in [2.45, 2.75) is 20.4 Å². The van der Waals surface area contributed by atoms with Gasteiger partial charge in [-0.15, -0.1) is 0 Å². The third kappa shape index (κ3) is 4.45. The number of nitrogens with one attached hydrogen (secondary N) is 1. The Bertz CT molecular complexity index is 480. The standard InChI is InChI=1S/C14H21BrFN3O/c1-9(2)7-18-12(20)8-19(3)11-5-4-10(6-17)13(15)14(11)16/h4-5,9H,6-8,17H2,1-3H3,(H,18,20). The van der Waals surface area contributed by atoms with Crippen LogP contribution in [0.5, 0.6) is 0 Å². The van der Waals surface area contributed by atoms with E-state index < -0.39 is 5.82 Å². The number of carbonyl (C=O) groups is 1. The van der Waals surface area contributed by atoms with E-state index in [0.29, 0.717) is 28.2 Å². The fourth-order valence-electron chi connectivity index (χ4n) is 1.71. The summed E-state index contributed by atoms with van der Waals surface area (Å²) in [5.41, 5.74) is 6.59. The minimum absolute atomic E-state index is 0.109. The lowest BCUT2D eigenvalue weighted by molar-refractivity contribution is -0.119. The number of benzene rings is 1. The van der Waals surface area contributed by atoms with Crippen molar-refractivity contribution in [3.05, 3.63) is 28.0 Å². The maximum absolute atomic E-state index is 14.2. The summed E-state index contributed by atoms with van der Waals surface area (Å²) in [5, 5.41) is 2.80. The first-order valence-corrected chi connectivity index (χ1v) is 7.30. The normalized spacial score (nSPS) is 10.8. The van der Waals surface area contributed by atoms with Gasteiger partial charge in [-0.1, -0.05) is 19.9 Å². The van der Waals surface area contributed by atoms with E-state index in [1.807, 2.05) is 13.8 Å². The third-order valence-electron chi connectivity index (χ3n) is 2.86. The molecule has 1 aromatic carbocycles. The Labute approximate surface area is 127 Å². The Balaban J connectivity index is 2.75. The number of nitrogens with zero attached hydrogens (tertiary/aromatic N) is 1. The summed E-state index contributed by atoms with van der Waals surface area (Å²) in [7, 11) is 1.68. The number of rotatable bonds is 6. The van der Waals surface area contributed by atoms with Crippen LogP contribution >= 0.6 is 15.9 Å². The van der Waals surface area contributed by atoms with Crippen molar-refractivity contribution < 1.29 is 9.18 Å². The Morgan fingerprint density at radius 1 is 1.50 bits per heavy atom. The molecule has 1 amide bonds. The van der Waals surface area contributed by atoms with Crippen LogP contribution in [0.3, 0.4) is 0 Å². The van der Waals surface area contributed by atoms with Crippen LogP contribution in [0, 0.1) is 11.7 Å². The molecule has 4 nitrogen and oxygen atoms in total. The Morgan fingerprint density at radius 3 is 2.70 bits per heavy atom. The lowest BCUT2D eigenvalue weighted by atomic mass is 10.2. The summed E-state index contributed by atoms with van der Waals surface area (Å²) >= 11 is 3.19. The second kappa shape index (κ2) is 7.59. The molecular formula is C14H21BrFN3O. The fourth-order valence-corrected chi connectivity index (χ4v) is 2.20. The zero-order valence-corrected chi connectivity index (χ0v) is 13.6. The van der Waals surface area contributed by atoms with Gasteiger partial charge in [-0.25, -0.2) is 4.39 Å². The average molecular weight is 346 g/mol. The van der Waals surface area contributed by atoms with Gasteiger partial charge in [-0.3, -0.25) is 4.79 Å². The Kier molecular flexibility index (Phi) is 6.42. The highest BCUT2D eigenvalue weighted by atomic mass is 79.9. The summed E-state index contributed by atoms with van der Waals surface area (Å²) in [5.74, 6) is -0.134. The van der Waals surface area contributed by atoms with Crippen LogP contribution in [0.15, 0.2) is 16.6 Å². The second-order valence-electron chi connectivity index (χ2n) is 5.13. The predicted octanol–water partition coefficient (Wildman–Crippen LogP) is 2.26. The maximum atomic E-state index is 14.2. The van der Waals surface area contributed by atoms with Crippen LogP contribution in [0.1, 0.15) is 19.4 Å². The van der Waals surface area contributed by atoms with Gasteiger partial charge in [-0.2, -0.15) is 0 Å². The van der Waals surface area contributed by atoms with Crippen molar-refractivity contribution in [2.75, 3.05) is 25.0 Å². The van der Waals surface area contributed by atoms with Gasteiger partial charge < -0.3 is 16.0 Å². The van der Waals surface area contributed by atoms with E-state index in [4.69, 9.17) is 5.73 Å². The summed E-state index contributed by atoms with van der Waals surface area (Å²) in [6.45, 7) is 5.03. The lowest BCUT2D eigenvalue weighted by Gasteiger charge is -2.21. The van der Waals surface area contributed by atoms with Crippen LogP contribution in [0.25, 0.3) is 0 Å². The molecule has 0 aliphatic carbocycles. The van der Waals surface area contributed by atoms with E-state index in [9.17, 15) is 9.18 Å². The molecule has 6 heteroatoms. The van der Waals surface area contributed by atoms with Crippen molar-refractivity contribution in [3.63, 3.8) is 0 Å². The quantitative estimate of drug-likeness (QED) is 0.831. The van der Waals surface area contributed by atoms with Gasteiger partial charge in [0.15, 0.2) is 5.82 Å². The molecule has 0 fully saturated rings. The van der Waals surface area contributed by atoms with Gasteiger partial charge in [0.25, 0.3) is 0 Å². The molecule has 1 rings (SSSR count).